The lowest BCUT2D eigenvalue weighted by Crippen LogP contribution is -2.17. The Labute approximate surface area is 191 Å². The molecular weight excluding hydrogens is 446 g/mol. The van der Waals surface area contributed by atoms with E-state index in [9.17, 15) is 18.4 Å². The molecule has 0 fully saturated rings. The van der Waals surface area contributed by atoms with Crippen molar-refractivity contribution in [2.45, 2.75) is 25.3 Å². The molecule has 33 heavy (non-hydrogen) atoms. The predicted octanol–water partition coefficient (Wildman–Crippen LogP) is 4.08. The number of rotatable bonds is 6. The van der Waals surface area contributed by atoms with E-state index in [1.54, 1.807) is 6.07 Å². The van der Waals surface area contributed by atoms with E-state index in [1.165, 1.54) is 23.5 Å². The zero-order valence-corrected chi connectivity index (χ0v) is 18.1. The maximum Gasteiger partial charge on any atom is 0.251 e. The van der Waals surface area contributed by atoms with Crippen molar-refractivity contribution < 1.29 is 18.4 Å². The number of carbonyl (C=O) groups excluding carboxylic acids is 2. The summed E-state index contributed by atoms with van der Waals surface area (Å²) >= 11 is 1.44. The molecule has 4 aromatic rings. The first-order valence-corrected chi connectivity index (χ1v) is 11.1. The first-order valence-electron chi connectivity index (χ1n) is 10.3. The number of nitrogens with two attached hydrogens (primary N) is 1. The number of benzene rings is 2. The maximum atomic E-state index is 13.6. The number of carbonyl (C=O) groups is 2. The number of halogens is 2. The molecule has 1 atom stereocenters. The van der Waals surface area contributed by atoms with Gasteiger partial charge in [-0.1, -0.05) is 12.1 Å². The third kappa shape index (κ3) is 4.31. The third-order valence-corrected chi connectivity index (χ3v) is 6.64. The standard InChI is InChI=1S/C24H18F2N4O2S/c25-16-6-12(7-17(26)10-16)5-15(9-21(27)31)19-3-4-20-22(29-19)30-24(33-20)13-1-2-14-11-28-23(32)18(14)8-13/h1-4,6-8,10,15H,5,9,11H2,(H2,27,31)(H,28,32)/t15-/m0/s1. The van der Waals surface area contributed by atoms with Crippen LogP contribution >= 0.6 is 11.3 Å². The van der Waals surface area contributed by atoms with Gasteiger partial charge in [0.25, 0.3) is 5.91 Å². The van der Waals surface area contributed by atoms with E-state index in [2.05, 4.69) is 15.3 Å². The van der Waals surface area contributed by atoms with Crippen LogP contribution < -0.4 is 11.1 Å². The Morgan fingerprint density at radius 2 is 1.88 bits per heavy atom. The highest BCUT2D eigenvalue weighted by Crippen LogP contribution is 2.33. The van der Waals surface area contributed by atoms with Crippen LogP contribution in [0.5, 0.6) is 0 Å². The van der Waals surface area contributed by atoms with Gasteiger partial charge in [-0.25, -0.2) is 18.7 Å². The third-order valence-electron chi connectivity index (χ3n) is 5.59. The number of hydrogen-bond donors (Lipinski definition) is 2. The van der Waals surface area contributed by atoms with Crippen molar-refractivity contribution in [1.82, 2.24) is 15.3 Å². The van der Waals surface area contributed by atoms with Crippen LogP contribution in [0.1, 0.15) is 39.5 Å². The number of fused-ring (bicyclic) bond motifs is 2. The smallest absolute Gasteiger partial charge is 0.251 e. The van der Waals surface area contributed by atoms with Gasteiger partial charge < -0.3 is 11.1 Å². The molecule has 2 amide bonds. The first kappa shape index (κ1) is 21.1. The van der Waals surface area contributed by atoms with Gasteiger partial charge in [0.05, 0.1) is 4.70 Å². The minimum absolute atomic E-state index is 0.0203. The average molecular weight is 464 g/mol. The van der Waals surface area contributed by atoms with Gasteiger partial charge in [0.1, 0.15) is 16.6 Å². The summed E-state index contributed by atoms with van der Waals surface area (Å²) in [5, 5.41) is 3.52. The molecule has 2 aromatic carbocycles. The predicted molar refractivity (Wildman–Crippen MR) is 121 cm³/mol. The van der Waals surface area contributed by atoms with Crippen LogP contribution in [0.2, 0.25) is 0 Å². The molecule has 3 N–H and O–H groups in total. The Kier molecular flexibility index (Phi) is 5.33. The molecule has 1 aliphatic heterocycles. The molecule has 6 nitrogen and oxygen atoms in total. The van der Waals surface area contributed by atoms with Gasteiger partial charge in [-0.2, -0.15) is 0 Å². The van der Waals surface area contributed by atoms with E-state index < -0.39 is 23.5 Å². The molecule has 9 heteroatoms. The minimum Gasteiger partial charge on any atom is -0.370 e. The van der Waals surface area contributed by atoms with Gasteiger partial charge in [0.2, 0.25) is 5.91 Å². The Morgan fingerprint density at radius 1 is 1.09 bits per heavy atom. The number of pyridine rings is 1. The highest BCUT2D eigenvalue weighted by molar-refractivity contribution is 7.21. The second kappa shape index (κ2) is 8.32. The quantitative estimate of drug-likeness (QED) is 0.449. The summed E-state index contributed by atoms with van der Waals surface area (Å²) in [6.45, 7) is 0.523. The fourth-order valence-electron chi connectivity index (χ4n) is 4.07. The molecule has 0 bridgehead atoms. The van der Waals surface area contributed by atoms with Crippen LogP contribution in [0.3, 0.4) is 0 Å². The number of hydrogen-bond acceptors (Lipinski definition) is 5. The van der Waals surface area contributed by atoms with Crippen molar-refractivity contribution in [3.8, 4) is 10.6 Å². The van der Waals surface area contributed by atoms with E-state index in [4.69, 9.17) is 5.73 Å². The van der Waals surface area contributed by atoms with Crippen molar-refractivity contribution in [3.63, 3.8) is 0 Å². The molecule has 166 valence electrons. The lowest BCUT2D eigenvalue weighted by atomic mass is 9.92. The monoisotopic (exact) mass is 464 g/mol. The molecule has 0 saturated heterocycles. The summed E-state index contributed by atoms with van der Waals surface area (Å²) in [5.74, 6) is -2.45. The van der Waals surface area contributed by atoms with Crippen LogP contribution in [0.15, 0.2) is 48.5 Å². The van der Waals surface area contributed by atoms with E-state index in [-0.39, 0.29) is 18.7 Å². The number of thiazole rings is 1. The summed E-state index contributed by atoms with van der Waals surface area (Å²) in [6.07, 6.45) is 0.181. The van der Waals surface area contributed by atoms with Gasteiger partial charge in [-0.3, -0.25) is 9.59 Å². The lowest BCUT2D eigenvalue weighted by Gasteiger charge is -2.15. The Bertz CT molecular complexity index is 1400. The zero-order chi connectivity index (χ0) is 23.1. The van der Waals surface area contributed by atoms with Gasteiger partial charge in [-0.05, 0) is 47.9 Å². The molecule has 2 aromatic heterocycles. The number of nitrogens with one attached hydrogen (secondary N) is 1. The van der Waals surface area contributed by atoms with E-state index in [0.717, 1.165) is 26.9 Å². The fraction of sp³-hybridized carbons (Fsp3) is 0.167. The van der Waals surface area contributed by atoms with Gasteiger partial charge >= 0.3 is 0 Å². The first-order chi connectivity index (χ1) is 15.9. The van der Waals surface area contributed by atoms with E-state index >= 15 is 0 Å². The SMILES string of the molecule is NC(=O)C[C@H](Cc1cc(F)cc(F)c1)c1ccc2sc(-c3ccc4c(c3)C(=O)NC4)nc2n1. The largest absolute Gasteiger partial charge is 0.370 e. The summed E-state index contributed by atoms with van der Waals surface area (Å²) in [4.78, 5) is 32.9. The van der Waals surface area contributed by atoms with Crippen molar-refractivity contribution in [1.29, 1.82) is 0 Å². The molecule has 0 spiro atoms. The summed E-state index contributed by atoms with van der Waals surface area (Å²) in [5.41, 5.74) is 9.32. The zero-order valence-electron chi connectivity index (χ0n) is 17.3. The summed E-state index contributed by atoms with van der Waals surface area (Å²) in [7, 11) is 0. The van der Waals surface area contributed by atoms with Crippen molar-refractivity contribution in [2.75, 3.05) is 0 Å². The van der Waals surface area contributed by atoms with Gasteiger partial charge in [0, 0.05) is 41.8 Å². The molecule has 0 aliphatic carbocycles. The molecule has 0 saturated carbocycles. The second-order valence-corrected chi connectivity index (χ2v) is 9.01. The maximum absolute atomic E-state index is 13.6. The van der Waals surface area contributed by atoms with Crippen LogP contribution in [0.25, 0.3) is 20.9 Å². The lowest BCUT2D eigenvalue weighted by molar-refractivity contribution is -0.118. The topological polar surface area (TPSA) is 98.0 Å². The minimum atomic E-state index is -0.682. The second-order valence-electron chi connectivity index (χ2n) is 7.98. The van der Waals surface area contributed by atoms with Crippen LogP contribution in [-0.2, 0) is 17.8 Å². The van der Waals surface area contributed by atoms with Crippen molar-refractivity contribution in [2.24, 2.45) is 5.73 Å². The van der Waals surface area contributed by atoms with Crippen LogP contribution in [-0.4, -0.2) is 21.8 Å². The highest BCUT2D eigenvalue weighted by Gasteiger charge is 2.21. The molecular formula is C24H18F2N4O2S. The normalized spacial score (nSPS) is 13.7. The molecule has 0 unspecified atom stereocenters. The van der Waals surface area contributed by atoms with E-state index in [0.29, 0.717) is 29.0 Å². The molecule has 3 heterocycles. The van der Waals surface area contributed by atoms with Gasteiger partial charge in [-0.15, -0.1) is 11.3 Å². The molecule has 5 rings (SSSR count). The Morgan fingerprint density at radius 3 is 2.64 bits per heavy atom. The molecule has 0 radical (unpaired) electrons. The van der Waals surface area contributed by atoms with Crippen LogP contribution in [0.4, 0.5) is 8.78 Å². The van der Waals surface area contributed by atoms with Crippen LogP contribution in [0, 0.1) is 11.6 Å². The number of primary amides is 1. The highest BCUT2D eigenvalue weighted by atomic mass is 32.1. The van der Waals surface area contributed by atoms with Crippen molar-refractivity contribution >= 4 is 33.5 Å². The summed E-state index contributed by atoms with van der Waals surface area (Å²) < 4.78 is 28.1. The fourth-order valence-corrected chi connectivity index (χ4v) is 4.97. The van der Waals surface area contributed by atoms with Crippen molar-refractivity contribution in [3.05, 3.63) is 82.5 Å². The van der Waals surface area contributed by atoms with E-state index in [1.807, 2.05) is 24.3 Å². The number of amides is 2. The van der Waals surface area contributed by atoms with Gasteiger partial charge in [0.15, 0.2) is 5.65 Å². The Balaban J connectivity index is 1.49. The summed E-state index contributed by atoms with van der Waals surface area (Å²) in [6, 6.07) is 12.6. The molecule has 1 aliphatic rings. The number of nitrogens with zero attached hydrogens (tertiary/aromatic N) is 2. The average Bonchev–Trinajstić information content (AvgIpc) is 3.35. The number of aromatic nitrogens is 2. The Hall–Kier alpha value is -3.72.